The minimum absolute atomic E-state index is 0.124. The minimum atomic E-state index is -0.378. The van der Waals surface area contributed by atoms with E-state index in [2.05, 4.69) is 19.2 Å². The molecule has 0 saturated heterocycles. The van der Waals surface area contributed by atoms with Crippen LogP contribution in [0.15, 0.2) is 57.7 Å². The lowest BCUT2D eigenvalue weighted by atomic mass is 10.1. The summed E-state index contributed by atoms with van der Waals surface area (Å²) < 4.78 is 10.9. The molecule has 1 N–H and O–H groups in total. The van der Waals surface area contributed by atoms with E-state index >= 15 is 0 Å². The molecular weight excluding hydrogens is 342 g/mol. The SMILES string of the molecule is CCCc1cc(=O)oc2cc(OCC(=O)Nc3cccc(CC)c3)ccc12. The van der Waals surface area contributed by atoms with Gasteiger partial charge in [-0.05, 0) is 48.2 Å². The Morgan fingerprint density at radius 2 is 1.96 bits per heavy atom. The summed E-state index contributed by atoms with van der Waals surface area (Å²) in [6.07, 6.45) is 2.65. The Labute approximate surface area is 158 Å². The lowest BCUT2D eigenvalue weighted by Gasteiger charge is -2.10. The van der Waals surface area contributed by atoms with Crippen LogP contribution in [0.3, 0.4) is 0 Å². The van der Waals surface area contributed by atoms with E-state index in [1.165, 1.54) is 6.07 Å². The topological polar surface area (TPSA) is 68.5 Å². The maximum atomic E-state index is 12.1. The molecule has 5 heteroatoms. The summed E-state index contributed by atoms with van der Waals surface area (Å²) in [4.78, 5) is 23.9. The molecule has 0 fully saturated rings. The molecule has 3 rings (SSSR count). The second kappa shape index (κ2) is 8.54. The van der Waals surface area contributed by atoms with Crippen LogP contribution in [0.2, 0.25) is 0 Å². The van der Waals surface area contributed by atoms with Gasteiger partial charge in [-0.1, -0.05) is 32.4 Å². The third-order valence-corrected chi connectivity index (χ3v) is 4.31. The van der Waals surface area contributed by atoms with Gasteiger partial charge in [-0.2, -0.15) is 0 Å². The number of carbonyl (C=O) groups excluding carboxylic acids is 1. The van der Waals surface area contributed by atoms with Gasteiger partial charge in [-0.3, -0.25) is 4.79 Å². The van der Waals surface area contributed by atoms with Gasteiger partial charge in [0.2, 0.25) is 0 Å². The van der Waals surface area contributed by atoms with Gasteiger partial charge in [0.15, 0.2) is 6.61 Å². The van der Waals surface area contributed by atoms with E-state index < -0.39 is 0 Å². The second-order valence-corrected chi connectivity index (χ2v) is 6.39. The minimum Gasteiger partial charge on any atom is -0.484 e. The summed E-state index contributed by atoms with van der Waals surface area (Å²) in [7, 11) is 0. The average Bonchev–Trinajstić information content (AvgIpc) is 2.66. The molecular formula is C22H23NO4. The third kappa shape index (κ3) is 4.76. The Bertz CT molecular complexity index is 1010. The third-order valence-electron chi connectivity index (χ3n) is 4.31. The zero-order valence-corrected chi connectivity index (χ0v) is 15.6. The van der Waals surface area contributed by atoms with Crippen LogP contribution in [-0.4, -0.2) is 12.5 Å². The molecule has 0 unspecified atom stereocenters. The van der Waals surface area contributed by atoms with Crippen LogP contribution in [0.4, 0.5) is 5.69 Å². The zero-order chi connectivity index (χ0) is 19.2. The van der Waals surface area contributed by atoms with Crippen LogP contribution in [0.1, 0.15) is 31.4 Å². The van der Waals surface area contributed by atoms with Crippen molar-refractivity contribution in [1.82, 2.24) is 0 Å². The monoisotopic (exact) mass is 365 g/mol. The molecule has 0 saturated carbocycles. The number of anilines is 1. The summed E-state index contributed by atoms with van der Waals surface area (Å²) >= 11 is 0. The smallest absolute Gasteiger partial charge is 0.336 e. The normalized spacial score (nSPS) is 10.7. The van der Waals surface area contributed by atoms with Crippen molar-refractivity contribution in [3.8, 4) is 5.75 Å². The molecule has 2 aromatic carbocycles. The fraction of sp³-hybridized carbons (Fsp3) is 0.273. The van der Waals surface area contributed by atoms with Crippen molar-refractivity contribution in [1.29, 1.82) is 0 Å². The second-order valence-electron chi connectivity index (χ2n) is 6.39. The number of rotatable bonds is 7. The van der Waals surface area contributed by atoms with E-state index in [1.807, 2.05) is 30.3 Å². The first kappa shape index (κ1) is 18.7. The van der Waals surface area contributed by atoms with Gasteiger partial charge < -0.3 is 14.5 Å². The number of fused-ring (bicyclic) bond motifs is 1. The van der Waals surface area contributed by atoms with Gasteiger partial charge in [0.1, 0.15) is 11.3 Å². The van der Waals surface area contributed by atoms with Crippen molar-refractivity contribution in [3.05, 3.63) is 70.1 Å². The molecule has 0 aliphatic rings. The van der Waals surface area contributed by atoms with Crippen molar-refractivity contribution >= 4 is 22.6 Å². The largest absolute Gasteiger partial charge is 0.484 e. The summed E-state index contributed by atoms with van der Waals surface area (Å²) in [6.45, 7) is 4.00. The van der Waals surface area contributed by atoms with Gasteiger partial charge in [0.25, 0.3) is 5.91 Å². The fourth-order valence-electron chi connectivity index (χ4n) is 2.99. The van der Waals surface area contributed by atoms with E-state index in [1.54, 1.807) is 12.1 Å². The van der Waals surface area contributed by atoms with E-state index in [0.29, 0.717) is 11.3 Å². The van der Waals surface area contributed by atoms with Gasteiger partial charge in [-0.15, -0.1) is 0 Å². The Morgan fingerprint density at radius 1 is 1.11 bits per heavy atom. The molecule has 140 valence electrons. The quantitative estimate of drug-likeness (QED) is 0.633. The number of hydrogen-bond donors (Lipinski definition) is 1. The summed E-state index contributed by atoms with van der Waals surface area (Å²) in [5.74, 6) is 0.237. The van der Waals surface area contributed by atoms with Crippen molar-refractivity contribution in [3.63, 3.8) is 0 Å². The lowest BCUT2D eigenvalue weighted by Crippen LogP contribution is -2.20. The molecule has 27 heavy (non-hydrogen) atoms. The van der Waals surface area contributed by atoms with Crippen molar-refractivity contribution in [2.45, 2.75) is 33.1 Å². The number of benzene rings is 2. The predicted octanol–water partition coefficient (Wildman–Crippen LogP) is 4.33. The maximum absolute atomic E-state index is 12.1. The Hall–Kier alpha value is -3.08. The van der Waals surface area contributed by atoms with Gasteiger partial charge in [0.05, 0.1) is 0 Å². The van der Waals surface area contributed by atoms with E-state index in [9.17, 15) is 9.59 Å². The number of ether oxygens (including phenoxy) is 1. The number of carbonyl (C=O) groups is 1. The highest BCUT2D eigenvalue weighted by molar-refractivity contribution is 5.92. The zero-order valence-electron chi connectivity index (χ0n) is 15.6. The highest BCUT2D eigenvalue weighted by Gasteiger charge is 2.09. The molecule has 1 amide bonds. The molecule has 0 aliphatic heterocycles. The Kier molecular flexibility index (Phi) is 5.91. The van der Waals surface area contributed by atoms with Crippen LogP contribution >= 0.6 is 0 Å². The summed E-state index contributed by atoms with van der Waals surface area (Å²) in [5.41, 5.74) is 2.96. The molecule has 5 nitrogen and oxygen atoms in total. The van der Waals surface area contributed by atoms with Crippen LogP contribution < -0.4 is 15.7 Å². The fourth-order valence-corrected chi connectivity index (χ4v) is 2.99. The van der Waals surface area contributed by atoms with E-state index in [0.717, 1.165) is 41.5 Å². The van der Waals surface area contributed by atoms with Gasteiger partial charge in [0, 0.05) is 23.2 Å². The Morgan fingerprint density at radius 3 is 2.74 bits per heavy atom. The van der Waals surface area contributed by atoms with Crippen molar-refractivity contribution in [2.75, 3.05) is 11.9 Å². The van der Waals surface area contributed by atoms with Crippen LogP contribution in [-0.2, 0) is 17.6 Å². The van der Waals surface area contributed by atoms with Crippen LogP contribution in [0, 0.1) is 0 Å². The van der Waals surface area contributed by atoms with Crippen LogP contribution in [0.5, 0.6) is 5.75 Å². The molecule has 0 aliphatic carbocycles. The molecule has 0 radical (unpaired) electrons. The van der Waals surface area contributed by atoms with Gasteiger partial charge >= 0.3 is 5.63 Å². The highest BCUT2D eigenvalue weighted by Crippen LogP contribution is 2.23. The summed E-state index contributed by atoms with van der Waals surface area (Å²) in [6, 6.07) is 14.5. The first-order valence-corrected chi connectivity index (χ1v) is 9.17. The standard InChI is InChI=1S/C22H23NO4/c1-3-6-16-12-22(25)27-20-13-18(9-10-19(16)20)26-14-21(24)23-17-8-5-7-15(4-2)11-17/h5,7-13H,3-4,6,14H2,1-2H3,(H,23,24). The number of nitrogens with one attached hydrogen (secondary N) is 1. The molecule has 0 spiro atoms. The number of amides is 1. The molecule has 1 heterocycles. The maximum Gasteiger partial charge on any atom is 0.336 e. The average molecular weight is 365 g/mol. The van der Waals surface area contributed by atoms with E-state index in [-0.39, 0.29) is 18.1 Å². The van der Waals surface area contributed by atoms with Crippen molar-refractivity contribution in [2.24, 2.45) is 0 Å². The molecule has 1 aromatic heterocycles. The first-order valence-electron chi connectivity index (χ1n) is 9.17. The Balaban J connectivity index is 1.69. The molecule has 3 aromatic rings. The van der Waals surface area contributed by atoms with E-state index in [4.69, 9.17) is 9.15 Å². The van der Waals surface area contributed by atoms with Gasteiger partial charge in [-0.25, -0.2) is 4.79 Å². The molecule has 0 atom stereocenters. The molecule has 0 bridgehead atoms. The summed E-state index contributed by atoms with van der Waals surface area (Å²) in [5, 5.41) is 3.71. The lowest BCUT2D eigenvalue weighted by molar-refractivity contribution is -0.118. The number of aryl methyl sites for hydroxylation is 2. The predicted molar refractivity (Wildman–Crippen MR) is 106 cm³/mol. The van der Waals surface area contributed by atoms with Crippen LogP contribution in [0.25, 0.3) is 11.0 Å². The van der Waals surface area contributed by atoms with Crippen molar-refractivity contribution < 1.29 is 13.9 Å². The number of hydrogen-bond acceptors (Lipinski definition) is 4. The first-order chi connectivity index (χ1) is 13.1. The highest BCUT2D eigenvalue weighted by atomic mass is 16.5.